The van der Waals surface area contributed by atoms with Gasteiger partial charge in [-0.3, -0.25) is 0 Å². The van der Waals surface area contributed by atoms with Crippen LogP contribution in [0.4, 0.5) is 9.59 Å². The summed E-state index contributed by atoms with van der Waals surface area (Å²) in [5.74, 6) is 0.136. The lowest BCUT2D eigenvalue weighted by Crippen LogP contribution is -2.37. The highest BCUT2D eigenvalue weighted by Gasteiger charge is 2.22. The molecule has 1 aromatic carbocycles. The predicted molar refractivity (Wildman–Crippen MR) is 45.0 cm³/mol. The highest BCUT2D eigenvalue weighted by molar-refractivity contribution is 5.84. The highest BCUT2D eigenvalue weighted by Crippen LogP contribution is 2.10. The Morgan fingerprint density at radius 2 is 1.57 bits per heavy atom. The molecule has 0 saturated heterocycles. The van der Waals surface area contributed by atoms with Crippen molar-refractivity contribution in [1.82, 2.24) is 5.06 Å². The van der Waals surface area contributed by atoms with E-state index in [0.717, 1.165) is 0 Å². The minimum absolute atomic E-state index is 0.136. The third-order valence-electron chi connectivity index (χ3n) is 1.29. The number of para-hydroxylation sites is 1. The maximum atomic E-state index is 10.4. The first kappa shape index (κ1) is 9.85. The summed E-state index contributed by atoms with van der Waals surface area (Å²) in [5, 5.41) is 16.7. The van der Waals surface area contributed by atoms with Gasteiger partial charge in [0.05, 0.1) is 0 Å². The Labute approximate surface area is 78.9 Å². The number of nitrogens with zero attached hydrogens (tertiary/aromatic N) is 1. The Hall–Kier alpha value is -2.24. The summed E-state index contributed by atoms with van der Waals surface area (Å²) in [5.41, 5.74) is 0. The SMILES string of the molecule is O=C(O)N(Oc1ccccc1)C(=O)O. The summed E-state index contributed by atoms with van der Waals surface area (Å²) in [6.07, 6.45) is -3.39. The Morgan fingerprint density at radius 3 is 2.00 bits per heavy atom. The van der Waals surface area contributed by atoms with Crippen LogP contribution in [0.2, 0.25) is 0 Å². The average molecular weight is 197 g/mol. The summed E-state index contributed by atoms with van der Waals surface area (Å²) in [4.78, 5) is 25.3. The van der Waals surface area contributed by atoms with Crippen molar-refractivity contribution in [1.29, 1.82) is 0 Å². The zero-order chi connectivity index (χ0) is 10.6. The van der Waals surface area contributed by atoms with Crippen LogP contribution < -0.4 is 4.84 Å². The summed E-state index contributed by atoms with van der Waals surface area (Å²) >= 11 is 0. The average Bonchev–Trinajstić information content (AvgIpc) is 2.15. The molecule has 1 aromatic rings. The maximum absolute atomic E-state index is 10.4. The molecule has 2 N–H and O–H groups in total. The molecule has 0 aliphatic heterocycles. The van der Waals surface area contributed by atoms with Crippen molar-refractivity contribution >= 4 is 12.2 Å². The second-order valence-corrected chi connectivity index (χ2v) is 2.26. The quantitative estimate of drug-likeness (QED) is 0.703. The van der Waals surface area contributed by atoms with Crippen LogP contribution in [-0.4, -0.2) is 27.5 Å². The van der Waals surface area contributed by atoms with E-state index in [0.29, 0.717) is 0 Å². The van der Waals surface area contributed by atoms with Gasteiger partial charge in [-0.2, -0.15) is 0 Å². The van der Waals surface area contributed by atoms with Crippen LogP contribution in [0.5, 0.6) is 5.75 Å². The molecule has 0 heterocycles. The first-order valence-corrected chi connectivity index (χ1v) is 3.60. The van der Waals surface area contributed by atoms with Gasteiger partial charge in [0.25, 0.3) is 0 Å². The van der Waals surface area contributed by atoms with E-state index >= 15 is 0 Å². The smallest absolute Gasteiger partial charge is 0.451 e. The van der Waals surface area contributed by atoms with Gasteiger partial charge in [-0.25, -0.2) is 9.59 Å². The lowest BCUT2D eigenvalue weighted by molar-refractivity contribution is -0.0190. The van der Waals surface area contributed by atoms with Gasteiger partial charge in [0.2, 0.25) is 0 Å². The van der Waals surface area contributed by atoms with Gasteiger partial charge in [-0.1, -0.05) is 18.2 Å². The van der Waals surface area contributed by atoms with Crippen LogP contribution in [0.25, 0.3) is 0 Å². The van der Waals surface area contributed by atoms with E-state index in [1.54, 1.807) is 18.2 Å². The molecule has 0 saturated carbocycles. The van der Waals surface area contributed by atoms with E-state index < -0.39 is 12.2 Å². The van der Waals surface area contributed by atoms with Gasteiger partial charge in [0.15, 0.2) is 5.75 Å². The highest BCUT2D eigenvalue weighted by atomic mass is 16.7. The summed E-state index contributed by atoms with van der Waals surface area (Å²) in [7, 11) is 0. The van der Waals surface area contributed by atoms with Crippen LogP contribution in [0.1, 0.15) is 0 Å². The second-order valence-electron chi connectivity index (χ2n) is 2.26. The largest absolute Gasteiger partial charge is 0.462 e. The van der Waals surface area contributed by atoms with Gasteiger partial charge in [-0.05, 0) is 17.2 Å². The molecule has 2 amide bonds. The fraction of sp³-hybridized carbons (Fsp3) is 0. The number of amides is 2. The molecule has 14 heavy (non-hydrogen) atoms. The van der Waals surface area contributed by atoms with Crippen molar-refractivity contribution < 1.29 is 24.6 Å². The van der Waals surface area contributed by atoms with Crippen LogP contribution in [0, 0.1) is 0 Å². The number of rotatable bonds is 2. The van der Waals surface area contributed by atoms with E-state index in [4.69, 9.17) is 10.2 Å². The number of hydrogen-bond acceptors (Lipinski definition) is 3. The molecule has 6 nitrogen and oxygen atoms in total. The fourth-order valence-electron chi connectivity index (χ4n) is 0.747. The van der Waals surface area contributed by atoms with Crippen molar-refractivity contribution in [3.8, 4) is 5.75 Å². The molecule has 0 aliphatic carbocycles. The van der Waals surface area contributed by atoms with Crippen molar-refractivity contribution in [2.75, 3.05) is 0 Å². The molecule has 6 heteroatoms. The lowest BCUT2D eigenvalue weighted by atomic mass is 10.3. The Balaban J connectivity index is 2.75. The molecular weight excluding hydrogens is 190 g/mol. The van der Waals surface area contributed by atoms with E-state index in [9.17, 15) is 9.59 Å². The third-order valence-corrected chi connectivity index (χ3v) is 1.29. The number of carboxylic acid groups (broad SMARTS) is 2. The van der Waals surface area contributed by atoms with Crippen molar-refractivity contribution in [2.24, 2.45) is 0 Å². The van der Waals surface area contributed by atoms with Gasteiger partial charge < -0.3 is 15.1 Å². The van der Waals surface area contributed by atoms with Crippen molar-refractivity contribution in [3.05, 3.63) is 30.3 Å². The number of benzene rings is 1. The monoisotopic (exact) mass is 197 g/mol. The normalized spacial score (nSPS) is 9.14. The van der Waals surface area contributed by atoms with Gasteiger partial charge in [0, 0.05) is 0 Å². The molecule has 74 valence electrons. The first-order chi connectivity index (χ1) is 6.61. The summed E-state index contributed by atoms with van der Waals surface area (Å²) < 4.78 is 0. The summed E-state index contributed by atoms with van der Waals surface area (Å²) in [6, 6.07) is 7.77. The van der Waals surface area contributed by atoms with Crippen LogP contribution in [-0.2, 0) is 0 Å². The fourth-order valence-corrected chi connectivity index (χ4v) is 0.747. The molecule has 0 radical (unpaired) electrons. The third kappa shape index (κ3) is 2.37. The first-order valence-electron chi connectivity index (χ1n) is 3.60. The van der Waals surface area contributed by atoms with Gasteiger partial charge >= 0.3 is 12.2 Å². The van der Waals surface area contributed by atoms with E-state index in [-0.39, 0.29) is 10.8 Å². The molecule has 0 fully saturated rings. The molecule has 0 aromatic heterocycles. The molecule has 1 rings (SSSR count). The molecule has 0 spiro atoms. The minimum atomic E-state index is -1.69. The Morgan fingerprint density at radius 1 is 1.07 bits per heavy atom. The van der Waals surface area contributed by atoms with Gasteiger partial charge in [-0.15, -0.1) is 0 Å². The van der Waals surface area contributed by atoms with Gasteiger partial charge in [0.1, 0.15) is 0 Å². The maximum Gasteiger partial charge on any atom is 0.451 e. The Bertz CT molecular complexity index is 323. The Kier molecular flexibility index (Phi) is 2.90. The number of imide groups is 1. The predicted octanol–water partition coefficient (Wildman–Crippen LogP) is 1.64. The van der Waals surface area contributed by atoms with E-state index in [1.807, 2.05) is 0 Å². The number of carbonyl (C=O) groups is 2. The van der Waals surface area contributed by atoms with Crippen LogP contribution in [0.15, 0.2) is 30.3 Å². The summed E-state index contributed by atoms with van der Waals surface area (Å²) in [6.45, 7) is 0. The second kappa shape index (κ2) is 4.13. The zero-order valence-corrected chi connectivity index (χ0v) is 6.95. The zero-order valence-electron chi connectivity index (χ0n) is 6.95. The number of hydrogen-bond donors (Lipinski definition) is 2. The lowest BCUT2D eigenvalue weighted by Gasteiger charge is -2.12. The topological polar surface area (TPSA) is 87.1 Å². The number of hydroxylamine groups is 2. The molecular formula is C8H7NO5. The van der Waals surface area contributed by atoms with E-state index in [1.165, 1.54) is 12.1 Å². The molecule has 0 bridgehead atoms. The van der Waals surface area contributed by atoms with Crippen molar-refractivity contribution in [3.63, 3.8) is 0 Å². The molecule has 0 atom stereocenters. The molecule has 0 unspecified atom stereocenters. The van der Waals surface area contributed by atoms with Crippen LogP contribution >= 0.6 is 0 Å². The standard InChI is InChI=1S/C8H7NO5/c10-7(11)9(8(12)13)14-6-4-2-1-3-5-6/h1-5H,(H,10,11)(H,12,13). The van der Waals surface area contributed by atoms with Crippen LogP contribution in [0.3, 0.4) is 0 Å². The van der Waals surface area contributed by atoms with E-state index in [2.05, 4.69) is 4.84 Å². The molecule has 0 aliphatic rings. The minimum Gasteiger partial charge on any atom is -0.462 e. The van der Waals surface area contributed by atoms with Crippen molar-refractivity contribution in [2.45, 2.75) is 0 Å².